The van der Waals surface area contributed by atoms with Crippen molar-refractivity contribution in [2.45, 2.75) is 45.1 Å². The highest BCUT2D eigenvalue weighted by atomic mass is 35.5. The predicted molar refractivity (Wildman–Crippen MR) is 67.2 cm³/mol. The van der Waals surface area contributed by atoms with Crippen LogP contribution < -0.4 is 5.73 Å². The lowest BCUT2D eigenvalue weighted by atomic mass is 10.0. The fraction of sp³-hybridized carbons (Fsp3) is 0.538. The van der Waals surface area contributed by atoms with Gasteiger partial charge < -0.3 is 5.73 Å². The third-order valence-electron chi connectivity index (χ3n) is 2.67. The normalized spacial score (nSPS) is 12.8. The molecule has 0 aromatic heterocycles. The van der Waals surface area contributed by atoms with Gasteiger partial charge in [-0.05, 0) is 36.6 Å². The smallest absolute Gasteiger partial charge is 0.123 e. The van der Waals surface area contributed by atoms with E-state index in [0.717, 1.165) is 18.4 Å². The zero-order chi connectivity index (χ0) is 12.0. The van der Waals surface area contributed by atoms with E-state index < -0.39 is 0 Å². The van der Waals surface area contributed by atoms with E-state index in [1.807, 2.05) is 0 Å². The molecule has 1 unspecified atom stereocenters. The first-order valence-electron chi connectivity index (χ1n) is 5.83. The number of benzene rings is 1. The van der Waals surface area contributed by atoms with Crippen LogP contribution in [0.25, 0.3) is 0 Å². The number of hydrogen-bond acceptors (Lipinski definition) is 1. The van der Waals surface area contributed by atoms with Gasteiger partial charge in [0.2, 0.25) is 0 Å². The molecule has 0 amide bonds. The highest BCUT2D eigenvalue weighted by Gasteiger charge is 2.08. The van der Waals surface area contributed by atoms with Crippen molar-refractivity contribution in [1.82, 2.24) is 0 Å². The molecule has 0 aliphatic heterocycles. The van der Waals surface area contributed by atoms with Gasteiger partial charge in [0.05, 0.1) is 0 Å². The quantitative estimate of drug-likeness (QED) is 0.753. The van der Waals surface area contributed by atoms with Gasteiger partial charge in [0.15, 0.2) is 0 Å². The van der Waals surface area contributed by atoms with Gasteiger partial charge in [-0.15, -0.1) is 0 Å². The fourth-order valence-electron chi connectivity index (χ4n) is 1.74. The highest BCUT2D eigenvalue weighted by molar-refractivity contribution is 6.31. The van der Waals surface area contributed by atoms with Crippen LogP contribution in [-0.4, -0.2) is 6.04 Å². The zero-order valence-corrected chi connectivity index (χ0v) is 10.4. The summed E-state index contributed by atoms with van der Waals surface area (Å²) in [5.41, 5.74) is 6.80. The van der Waals surface area contributed by atoms with Crippen molar-refractivity contribution in [2.75, 3.05) is 0 Å². The van der Waals surface area contributed by atoms with Crippen molar-refractivity contribution in [2.24, 2.45) is 5.73 Å². The largest absolute Gasteiger partial charge is 0.327 e. The Bertz CT molecular complexity index is 328. The minimum atomic E-state index is -0.250. The summed E-state index contributed by atoms with van der Waals surface area (Å²) in [5, 5.41) is 0.604. The molecule has 1 rings (SSSR count). The molecule has 0 fully saturated rings. The lowest BCUT2D eigenvalue weighted by Gasteiger charge is -2.12. The predicted octanol–water partition coefficient (Wildman–Crippen LogP) is 3.93. The van der Waals surface area contributed by atoms with Crippen LogP contribution in [0.4, 0.5) is 4.39 Å². The van der Waals surface area contributed by atoms with Crippen molar-refractivity contribution in [1.29, 1.82) is 0 Å². The molecule has 1 nitrogen and oxygen atoms in total. The maximum absolute atomic E-state index is 13.0. The molecule has 0 aliphatic rings. The van der Waals surface area contributed by atoms with E-state index in [0.29, 0.717) is 11.4 Å². The first-order chi connectivity index (χ1) is 7.63. The number of rotatable bonds is 6. The van der Waals surface area contributed by atoms with Gasteiger partial charge >= 0.3 is 0 Å². The fourth-order valence-corrected chi connectivity index (χ4v) is 1.94. The average Bonchev–Trinajstić information content (AvgIpc) is 2.24. The maximum atomic E-state index is 13.0. The minimum Gasteiger partial charge on any atom is -0.327 e. The van der Waals surface area contributed by atoms with Crippen LogP contribution >= 0.6 is 11.6 Å². The molecule has 3 heteroatoms. The number of hydrogen-bond donors (Lipinski definition) is 1. The van der Waals surface area contributed by atoms with Crippen LogP contribution in [0.5, 0.6) is 0 Å². The Labute approximate surface area is 102 Å². The third-order valence-corrected chi connectivity index (χ3v) is 3.04. The van der Waals surface area contributed by atoms with Crippen molar-refractivity contribution < 1.29 is 4.39 Å². The average molecular weight is 244 g/mol. The second-order valence-corrected chi connectivity index (χ2v) is 4.60. The molecule has 0 aliphatic carbocycles. The lowest BCUT2D eigenvalue weighted by Crippen LogP contribution is -2.22. The van der Waals surface area contributed by atoms with E-state index in [2.05, 4.69) is 6.92 Å². The molecule has 2 N–H and O–H groups in total. The minimum absolute atomic E-state index is 0.0749. The molecule has 0 radical (unpaired) electrons. The number of unbranched alkanes of at least 4 members (excludes halogenated alkanes) is 2. The van der Waals surface area contributed by atoms with Gasteiger partial charge in [-0.3, -0.25) is 0 Å². The van der Waals surface area contributed by atoms with Crippen molar-refractivity contribution in [3.05, 3.63) is 34.6 Å². The van der Waals surface area contributed by atoms with Gasteiger partial charge in [0.25, 0.3) is 0 Å². The van der Waals surface area contributed by atoms with Gasteiger partial charge in [0.1, 0.15) is 5.82 Å². The van der Waals surface area contributed by atoms with Crippen molar-refractivity contribution >= 4 is 11.6 Å². The molecule has 0 bridgehead atoms. The zero-order valence-electron chi connectivity index (χ0n) is 9.68. The summed E-state index contributed by atoms with van der Waals surface area (Å²) >= 11 is 5.98. The SMILES string of the molecule is CCCCCC(N)Cc1cc(F)ccc1Cl. The summed E-state index contributed by atoms with van der Waals surface area (Å²) in [6.07, 6.45) is 5.14. The second-order valence-electron chi connectivity index (χ2n) is 4.20. The molecule has 16 heavy (non-hydrogen) atoms. The van der Waals surface area contributed by atoms with E-state index in [-0.39, 0.29) is 11.9 Å². The Kier molecular flexibility index (Phi) is 5.78. The molecule has 1 aromatic carbocycles. The molecule has 1 aromatic rings. The first-order valence-corrected chi connectivity index (χ1v) is 6.20. The van der Waals surface area contributed by atoms with Crippen LogP contribution in [0.15, 0.2) is 18.2 Å². The Hall–Kier alpha value is -0.600. The van der Waals surface area contributed by atoms with E-state index in [1.165, 1.54) is 25.0 Å². The van der Waals surface area contributed by atoms with Gasteiger partial charge in [-0.1, -0.05) is 37.8 Å². The number of nitrogens with two attached hydrogens (primary N) is 1. The monoisotopic (exact) mass is 243 g/mol. The van der Waals surface area contributed by atoms with Crippen molar-refractivity contribution in [3.8, 4) is 0 Å². The Morgan fingerprint density at radius 3 is 2.81 bits per heavy atom. The molecular weight excluding hydrogens is 225 g/mol. The van der Waals surface area contributed by atoms with E-state index in [1.54, 1.807) is 6.07 Å². The summed E-state index contributed by atoms with van der Waals surface area (Å²) in [5.74, 6) is -0.250. The summed E-state index contributed by atoms with van der Waals surface area (Å²) in [6, 6.07) is 4.51. The van der Waals surface area contributed by atoms with E-state index in [9.17, 15) is 4.39 Å². The van der Waals surface area contributed by atoms with Crippen LogP contribution in [0, 0.1) is 5.82 Å². The van der Waals surface area contributed by atoms with Gasteiger partial charge in [-0.2, -0.15) is 0 Å². The van der Waals surface area contributed by atoms with Crippen LogP contribution in [0.2, 0.25) is 5.02 Å². The summed E-state index contributed by atoms with van der Waals surface area (Å²) < 4.78 is 13.0. The molecule has 0 spiro atoms. The third kappa shape index (κ3) is 4.50. The van der Waals surface area contributed by atoms with E-state index in [4.69, 9.17) is 17.3 Å². The van der Waals surface area contributed by atoms with Gasteiger partial charge in [-0.25, -0.2) is 4.39 Å². The van der Waals surface area contributed by atoms with Crippen LogP contribution in [0.1, 0.15) is 38.2 Å². The Balaban J connectivity index is 2.48. The first kappa shape index (κ1) is 13.5. The topological polar surface area (TPSA) is 26.0 Å². The Morgan fingerprint density at radius 2 is 2.12 bits per heavy atom. The Morgan fingerprint density at radius 1 is 1.38 bits per heavy atom. The lowest BCUT2D eigenvalue weighted by molar-refractivity contribution is 0.554. The molecule has 1 atom stereocenters. The maximum Gasteiger partial charge on any atom is 0.123 e. The standard InChI is InChI=1S/C13H19ClFN/c1-2-3-4-5-12(16)9-10-8-11(15)6-7-13(10)14/h6-8,12H,2-5,9,16H2,1H3. The molecule has 0 heterocycles. The summed E-state index contributed by atoms with van der Waals surface area (Å²) in [6.45, 7) is 2.16. The molecular formula is C13H19ClFN. The molecule has 0 saturated heterocycles. The summed E-state index contributed by atoms with van der Waals surface area (Å²) in [7, 11) is 0. The van der Waals surface area contributed by atoms with Crippen LogP contribution in [-0.2, 0) is 6.42 Å². The summed E-state index contributed by atoms with van der Waals surface area (Å²) in [4.78, 5) is 0. The second kappa shape index (κ2) is 6.87. The highest BCUT2D eigenvalue weighted by Crippen LogP contribution is 2.19. The van der Waals surface area contributed by atoms with Gasteiger partial charge in [0, 0.05) is 11.1 Å². The van der Waals surface area contributed by atoms with Crippen molar-refractivity contribution in [3.63, 3.8) is 0 Å². The van der Waals surface area contributed by atoms with E-state index >= 15 is 0 Å². The molecule has 90 valence electrons. The van der Waals surface area contributed by atoms with Crippen LogP contribution in [0.3, 0.4) is 0 Å². The number of halogens is 2. The molecule has 0 saturated carbocycles.